The van der Waals surface area contributed by atoms with Gasteiger partial charge in [-0.05, 0) is 6.08 Å². The van der Waals surface area contributed by atoms with E-state index in [0.717, 1.165) is 0 Å². The number of rotatable bonds is 6. The standard InChI is InChI=1S/C10H15N3O6S/c1-11-13-5-3-2-4-8(13)9(14)12-7(10(15)16)6-20(17,18)19/h2-5,7-8,11H,6H2,1H3,(H,12,14)(H,15,16)(H,17,18,19)/t7-,8?/m0/s1. The van der Waals surface area contributed by atoms with Crippen LogP contribution in [0.3, 0.4) is 0 Å². The number of hydrazine groups is 1. The van der Waals surface area contributed by atoms with Crippen LogP contribution in [0.2, 0.25) is 0 Å². The number of hydrogen-bond donors (Lipinski definition) is 4. The highest BCUT2D eigenvalue weighted by Gasteiger charge is 2.30. The van der Waals surface area contributed by atoms with Crippen molar-refractivity contribution in [3.05, 3.63) is 24.4 Å². The highest BCUT2D eigenvalue weighted by molar-refractivity contribution is 7.85. The van der Waals surface area contributed by atoms with Crippen molar-refractivity contribution in [1.29, 1.82) is 0 Å². The zero-order chi connectivity index (χ0) is 15.3. The molecule has 9 nitrogen and oxygen atoms in total. The Labute approximate surface area is 115 Å². The van der Waals surface area contributed by atoms with Crippen LogP contribution in [-0.2, 0) is 19.7 Å². The lowest BCUT2D eigenvalue weighted by Gasteiger charge is -2.29. The van der Waals surface area contributed by atoms with Crippen molar-refractivity contribution in [2.45, 2.75) is 12.1 Å². The first kappa shape index (κ1) is 16.1. The molecule has 0 saturated heterocycles. The van der Waals surface area contributed by atoms with Gasteiger partial charge in [-0.1, -0.05) is 12.2 Å². The van der Waals surface area contributed by atoms with E-state index >= 15 is 0 Å². The maximum Gasteiger partial charge on any atom is 0.327 e. The number of allylic oxidation sites excluding steroid dienone is 2. The van der Waals surface area contributed by atoms with E-state index < -0.39 is 39.8 Å². The topological polar surface area (TPSA) is 136 Å². The van der Waals surface area contributed by atoms with Crippen LogP contribution in [-0.4, -0.2) is 59.8 Å². The largest absolute Gasteiger partial charge is 0.480 e. The molecule has 2 atom stereocenters. The van der Waals surface area contributed by atoms with Crippen LogP contribution in [0.15, 0.2) is 24.4 Å². The van der Waals surface area contributed by atoms with Crippen LogP contribution < -0.4 is 10.7 Å². The number of carboxylic acids is 1. The molecular formula is C10H15N3O6S. The molecule has 20 heavy (non-hydrogen) atoms. The number of nitrogens with zero attached hydrogens (tertiary/aromatic N) is 1. The molecule has 0 spiro atoms. The van der Waals surface area contributed by atoms with Crippen molar-refractivity contribution in [3.63, 3.8) is 0 Å². The first-order valence-electron chi connectivity index (χ1n) is 5.53. The van der Waals surface area contributed by atoms with Crippen LogP contribution in [0.5, 0.6) is 0 Å². The first-order valence-corrected chi connectivity index (χ1v) is 7.14. The van der Waals surface area contributed by atoms with Crippen molar-refractivity contribution in [2.24, 2.45) is 0 Å². The Kier molecular flexibility index (Phi) is 5.25. The summed E-state index contributed by atoms with van der Waals surface area (Å²) in [5.74, 6) is -3.36. The summed E-state index contributed by atoms with van der Waals surface area (Å²) < 4.78 is 30.1. The monoisotopic (exact) mass is 305 g/mol. The molecule has 1 unspecified atom stereocenters. The third-order valence-electron chi connectivity index (χ3n) is 2.47. The summed E-state index contributed by atoms with van der Waals surface area (Å²) in [4.78, 5) is 22.8. The van der Waals surface area contributed by atoms with Gasteiger partial charge in [-0.3, -0.25) is 14.4 Å². The SMILES string of the molecule is CNN1C=CC=CC1C(=O)N[C@@H](CS(=O)(=O)O)C(=O)O. The van der Waals surface area contributed by atoms with E-state index in [-0.39, 0.29) is 0 Å². The lowest BCUT2D eigenvalue weighted by atomic mass is 10.2. The molecule has 1 amide bonds. The van der Waals surface area contributed by atoms with Gasteiger partial charge < -0.3 is 10.4 Å². The fourth-order valence-electron chi connectivity index (χ4n) is 1.57. The Hall–Kier alpha value is -1.91. The summed E-state index contributed by atoms with van der Waals surface area (Å²) in [7, 11) is -2.95. The molecule has 0 aromatic heterocycles. The van der Waals surface area contributed by atoms with Gasteiger partial charge in [0.1, 0.15) is 17.8 Å². The van der Waals surface area contributed by atoms with Crippen molar-refractivity contribution in [2.75, 3.05) is 12.8 Å². The normalized spacial score (nSPS) is 19.7. The molecule has 1 rings (SSSR count). The average Bonchev–Trinajstić information content (AvgIpc) is 2.36. The summed E-state index contributed by atoms with van der Waals surface area (Å²) in [6.07, 6.45) is 6.31. The highest BCUT2D eigenvalue weighted by atomic mass is 32.2. The van der Waals surface area contributed by atoms with E-state index in [4.69, 9.17) is 9.66 Å². The van der Waals surface area contributed by atoms with E-state index in [1.807, 2.05) is 0 Å². The van der Waals surface area contributed by atoms with E-state index in [2.05, 4.69) is 10.7 Å². The summed E-state index contributed by atoms with van der Waals surface area (Å²) in [6.45, 7) is 0. The van der Waals surface area contributed by atoms with E-state index in [0.29, 0.717) is 0 Å². The Morgan fingerprint density at radius 2 is 2.05 bits per heavy atom. The minimum absolute atomic E-state index is 0.712. The highest BCUT2D eigenvalue weighted by Crippen LogP contribution is 2.06. The van der Waals surface area contributed by atoms with Gasteiger partial charge in [0.05, 0.1) is 0 Å². The number of hydrogen-bond acceptors (Lipinski definition) is 6. The van der Waals surface area contributed by atoms with Gasteiger partial charge in [-0.25, -0.2) is 10.2 Å². The molecule has 1 heterocycles. The van der Waals surface area contributed by atoms with Crippen molar-refractivity contribution < 1.29 is 27.7 Å². The molecule has 0 radical (unpaired) electrons. The minimum Gasteiger partial charge on any atom is -0.480 e. The summed E-state index contributed by atoms with van der Waals surface area (Å²) in [5.41, 5.74) is 2.71. The number of nitrogens with one attached hydrogen (secondary N) is 2. The quantitative estimate of drug-likeness (QED) is 0.428. The molecule has 0 saturated carbocycles. The van der Waals surface area contributed by atoms with Crippen molar-refractivity contribution in [3.8, 4) is 0 Å². The van der Waals surface area contributed by atoms with E-state index in [9.17, 15) is 18.0 Å². The smallest absolute Gasteiger partial charge is 0.327 e. The summed E-state index contributed by atoms with van der Waals surface area (Å²) in [5, 5.41) is 12.3. The molecular weight excluding hydrogens is 290 g/mol. The molecule has 10 heteroatoms. The van der Waals surface area contributed by atoms with E-state index in [1.165, 1.54) is 11.1 Å². The lowest BCUT2D eigenvalue weighted by molar-refractivity contribution is -0.141. The predicted molar refractivity (Wildman–Crippen MR) is 68.9 cm³/mol. The van der Waals surface area contributed by atoms with Gasteiger partial charge in [-0.2, -0.15) is 8.42 Å². The number of amides is 1. The molecule has 0 aromatic rings. The average molecular weight is 305 g/mol. The number of carboxylic acid groups (broad SMARTS) is 1. The third-order valence-corrected chi connectivity index (χ3v) is 3.22. The summed E-state index contributed by atoms with van der Waals surface area (Å²) >= 11 is 0. The van der Waals surface area contributed by atoms with Gasteiger partial charge in [0, 0.05) is 13.2 Å². The Morgan fingerprint density at radius 3 is 2.55 bits per heavy atom. The number of carbonyl (C=O) groups is 2. The zero-order valence-electron chi connectivity index (χ0n) is 10.6. The minimum atomic E-state index is -4.52. The van der Waals surface area contributed by atoms with Gasteiger partial charge >= 0.3 is 5.97 Å². The maximum absolute atomic E-state index is 12.0. The van der Waals surface area contributed by atoms with Gasteiger partial charge in [0.25, 0.3) is 10.1 Å². The van der Waals surface area contributed by atoms with Crippen molar-refractivity contribution >= 4 is 22.0 Å². The van der Waals surface area contributed by atoms with Crippen molar-refractivity contribution in [1.82, 2.24) is 15.8 Å². The second kappa shape index (κ2) is 6.50. The maximum atomic E-state index is 12.0. The molecule has 4 N–H and O–H groups in total. The lowest BCUT2D eigenvalue weighted by Crippen LogP contribution is -2.54. The van der Waals surface area contributed by atoms with Crippen LogP contribution in [0.1, 0.15) is 0 Å². The zero-order valence-corrected chi connectivity index (χ0v) is 11.4. The molecule has 0 aliphatic carbocycles. The van der Waals surface area contributed by atoms with Gasteiger partial charge in [0.2, 0.25) is 5.91 Å². The molecule has 0 bridgehead atoms. The van der Waals surface area contributed by atoms with Crippen LogP contribution in [0, 0.1) is 0 Å². The molecule has 0 fully saturated rings. The molecule has 1 aliphatic rings. The molecule has 1 aliphatic heterocycles. The second-order valence-corrected chi connectivity index (χ2v) is 5.45. The van der Waals surface area contributed by atoms with E-state index in [1.54, 1.807) is 25.4 Å². The van der Waals surface area contributed by atoms with Crippen LogP contribution >= 0.6 is 0 Å². The fourth-order valence-corrected chi connectivity index (χ4v) is 2.21. The number of carbonyl (C=O) groups excluding carboxylic acids is 1. The summed E-state index contributed by atoms with van der Waals surface area (Å²) in [6, 6.07) is -2.55. The van der Waals surface area contributed by atoms with Gasteiger partial charge in [-0.15, -0.1) is 0 Å². The molecule has 0 aromatic carbocycles. The number of aliphatic carboxylic acids is 1. The second-order valence-electron chi connectivity index (χ2n) is 3.95. The Morgan fingerprint density at radius 1 is 1.40 bits per heavy atom. The third kappa shape index (κ3) is 4.64. The predicted octanol–water partition coefficient (Wildman–Crippen LogP) is -1.67. The molecule has 112 valence electrons. The fraction of sp³-hybridized carbons (Fsp3) is 0.400. The van der Waals surface area contributed by atoms with Crippen LogP contribution in [0.25, 0.3) is 0 Å². The van der Waals surface area contributed by atoms with Crippen LogP contribution in [0.4, 0.5) is 0 Å². The Bertz CT molecular complexity index is 541. The first-order chi connectivity index (χ1) is 9.24. The Balaban J connectivity index is 2.78. The van der Waals surface area contributed by atoms with Gasteiger partial charge in [0.15, 0.2) is 0 Å².